The van der Waals surface area contributed by atoms with Crippen molar-refractivity contribution in [3.05, 3.63) is 41.6 Å². The van der Waals surface area contributed by atoms with E-state index < -0.39 is 13.9 Å². The Balaban J connectivity index is 2.25. The first-order chi connectivity index (χ1) is 11.4. The molecular formula is C21H33NO2Si. The SMILES string of the molecule is CC(C)(O)/C=C/c1[nH]c2ccccc2c1CCO[Si](C)(C)C(C)(C)C. The number of hydrogen-bond donors (Lipinski definition) is 2. The minimum atomic E-state index is -1.74. The molecule has 1 aromatic carbocycles. The van der Waals surface area contributed by atoms with Crippen molar-refractivity contribution in [1.29, 1.82) is 0 Å². The molecule has 0 radical (unpaired) electrons. The number of para-hydroxylation sites is 1. The Morgan fingerprint density at radius 2 is 1.76 bits per heavy atom. The molecule has 0 fully saturated rings. The first-order valence-electron chi connectivity index (χ1n) is 9.06. The van der Waals surface area contributed by atoms with Gasteiger partial charge >= 0.3 is 0 Å². The second kappa shape index (κ2) is 7.10. The van der Waals surface area contributed by atoms with Gasteiger partial charge in [-0.05, 0) is 56.1 Å². The Morgan fingerprint density at radius 3 is 2.36 bits per heavy atom. The first-order valence-corrected chi connectivity index (χ1v) is 12.0. The lowest BCUT2D eigenvalue weighted by Crippen LogP contribution is -2.41. The molecule has 25 heavy (non-hydrogen) atoms. The van der Waals surface area contributed by atoms with Crippen LogP contribution in [0.1, 0.15) is 45.9 Å². The molecule has 0 atom stereocenters. The van der Waals surface area contributed by atoms with Crippen molar-refractivity contribution in [3.63, 3.8) is 0 Å². The van der Waals surface area contributed by atoms with Gasteiger partial charge in [0.1, 0.15) is 0 Å². The van der Waals surface area contributed by atoms with E-state index in [1.165, 1.54) is 10.9 Å². The lowest BCUT2D eigenvalue weighted by atomic mass is 10.1. The first kappa shape index (κ1) is 20.0. The smallest absolute Gasteiger partial charge is 0.191 e. The molecule has 1 aromatic heterocycles. The maximum Gasteiger partial charge on any atom is 0.191 e. The van der Waals surface area contributed by atoms with Gasteiger partial charge in [0.2, 0.25) is 0 Å². The number of H-pyrrole nitrogens is 1. The van der Waals surface area contributed by atoms with Crippen LogP contribution in [0.2, 0.25) is 18.1 Å². The van der Waals surface area contributed by atoms with Gasteiger partial charge in [0.15, 0.2) is 8.32 Å². The van der Waals surface area contributed by atoms with E-state index in [0.29, 0.717) is 0 Å². The van der Waals surface area contributed by atoms with Crippen molar-refractivity contribution in [2.75, 3.05) is 6.61 Å². The zero-order chi connectivity index (χ0) is 18.9. The van der Waals surface area contributed by atoms with E-state index in [2.05, 4.69) is 57.0 Å². The van der Waals surface area contributed by atoms with Gasteiger partial charge in [0.25, 0.3) is 0 Å². The second-order valence-corrected chi connectivity index (χ2v) is 13.7. The predicted octanol–water partition coefficient (Wildman–Crippen LogP) is 5.52. The van der Waals surface area contributed by atoms with Crippen LogP contribution in [0.15, 0.2) is 30.3 Å². The van der Waals surface area contributed by atoms with E-state index in [9.17, 15) is 5.11 Å². The molecule has 0 bridgehead atoms. The van der Waals surface area contributed by atoms with Gasteiger partial charge in [-0.15, -0.1) is 0 Å². The fourth-order valence-corrected chi connectivity index (χ4v) is 3.59. The van der Waals surface area contributed by atoms with Crippen LogP contribution >= 0.6 is 0 Å². The number of hydrogen-bond acceptors (Lipinski definition) is 2. The molecule has 0 aliphatic rings. The normalized spacial score (nSPS) is 13.9. The molecule has 4 heteroatoms. The van der Waals surface area contributed by atoms with E-state index in [4.69, 9.17) is 4.43 Å². The summed E-state index contributed by atoms with van der Waals surface area (Å²) >= 11 is 0. The third kappa shape index (κ3) is 5.06. The number of aromatic amines is 1. The van der Waals surface area contributed by atoms with Crippen LogP contribution in [-0.2, 0) is 10.8 Å². The Morgan fingerprint density at radius 1 is 1.12 bits per heavy atom. The highest BCUT2D eigenvalue weighted by molar-refractivity contribution is 6.74. The van der Waals surface area contributed by atoms with Gasteiger partial charge in [-0.1, -0.05) is 45.0 Å². The summed E-state index contributed by atoms with van der Waals surface area (Å²) < 4.78 is 6.37. The van der Waals surface area contributed by atoms with Crippen molar-refractivity contribution in [1.82, 2.24) is 4.98 Å². The number of benzene rings is 1. The standard InChI is InChI=1S/C21H33NO2Si/c1-20(2,3)25(6,7)24-15-13-17-16-10-8-9-11-18(16)22-19(17)12-14-21(4,5)23/h8-12,14,22-23H,13,15H2,1-7H3/b14-12+. The van der Waals surface area contributed by atoms with Gasteiger partial charge in [-0.25, -0.2) is 0 Å². The van der Waals surface area contributed by atoms with Crippen LogP contribution in [0, 0.1) is 0 Å². The minimum absolute atomic E-state index is 0.219. The van der Waals surface area contributed by atoms with Crippen molar-refractivity contribution in [2.24, 2.45) is 0 Å². The molecule has 0 saturated heterocycles. The van der Waals surface area contributed by atoms with E-state index >= 15 is 0 Å². The van der Waals surface area contributed by atoms with Gasteiger partial charge < -0.3 is 14.5 Å². The molecule has 0 saturated carbocycles. The molecule has 138 valence electrons. The van der Waals surface area contributed by atoms with Crippen LogP contribution in [0.3, 0.4) is 0 Å². The monoisotopic (exact) mass is 359 g/mol. The summed E-state index contributed by atoms with van der Waals surface area (Å²) in [6.45, 7) is 15.7. The Hall–Kier alpha value is -1.36. The topological polar surface area (TPSA) is 45.2 Å². The summed E-state index contributed by atoms with van der Waals surface area (Å²) in [4.78, 5) is 3.47. The summed E-state index contributed by atoms with van der Waals surface area (Å²) in [6.07, 6.45) is 4.68. The van der Waals surface area contributed by atoms with Crippen LogP contribution in [-0.4, -0.2) is 30.6 Å². The van der Waals surface area contributed by atoms with Crippen molar-refractivity contribution in [3.8, 4) is 0 Å². The van der Waals surface area contributed by atoms with Crippen LogP contribution < -0.4 is 0 Å². The molecule has 2 aromatic rings. The lowest BCUT2D eigenvalue weighted by Gasteiger charge is -2.36. The van der Waals surface area contributed by atoms with Crippen LogP contribution in [0.25, 0.3) is 17.0 Å². The van der Waals surface area contributed by atoms with E-state index in [1.807, 2.05) is 18.2 Å². The summed E-state index contributed by atoms with van der Waals surface area (Å²) in [7, 11) is -1.74. The third-order valence-corrected chi connectivity index (χ3v) is 9.66. The van der Waals surface area contributed by atoms with Crippen molar-refractivity contribution in [2.45, 2.75) is 64.8 Å². The Bertz CT molecular complexity index is 745. The molecule has 0 spiro atoms. The molecule has 0 aliphatic heterocycles. The average molecular weight is 360 g/mol. The minimum Gasteiger partial charge on any atom is -0.416 e. The van der Waals surface area contributed by atoms with Gasteiger partial charge in [-0.2, -0.15) is 0 Å². The second-order valence-electron chi connectivity index (χ2n) is 8.91. The Labute approximate surface area is 153 Å². The van der Waals surface area contributed by atoms with Crippen LogP contribution in [0.4, 0.5) is 0 Å². The fraction of sp³-hybridized carbons (Fsp3) is 0.524. The molecule has 3 nitrogen and oxygen atoms in total. The summed E-state index contributed by atoms with van der Waals surface area (Å²) in [6, 6.07) is 8.35. The fourth-order valence-electron chi connectivity index (χ4n) is 2.54. The average Bonchev–Trinajstić information content (AvgIpc) is 2.81. The maximum absolute atomic E-state index is 10.00. The largest absolute Gasteiger partial charge is 0.416 e. The molecule has 1 heterocycles. The molecule has 2 rings (SSSR count). The zero-order valence-corrected chi connectivity index (χ0v) is 17.7. The number of nitrogens with one attached hydrogen (secondary N) is 1. The maximum atomic E-state index is 10.00. The summed E-state index contributed by atoms with van der Waals surface area (Å²) in [5, 5.41) is 11.4. The predicted molar refractivity (Wildman–Crippen MR) is 110 cm³/mol. The van der Waals surface area contributed by atoms with Crippen LogP contribution in [0.5, 0.6) is 0 Å². The molecule has 0 amide bonds. The Kier molecular flexibility index (Phi) is 5.67. The number of aromatic nitrogens is 1. The molecule has 0 aliphatic carbocycles. The number of rotatable bonds is 6. The third-order valence-electron chi connectivity index (χ3n) is 5.13. The highest BCUT2D eigenvalue weighted by atomic mass is 28.4. The van der Waals surface area contributed by atoms with E-state index in [1.54, 1.807) is 13.8 Å². The molecular weight excluding hydrogens is 326 g/mol. The quantitative estimate of drug-likeness (QED) is 0.667. The summed E-state index contributed by atoms with van der Waals surface area (Å²) in [5.41, 5.74) is 2.61. The molecule has 0 unspecified atom stereocenters. The van der Waals surface area contributed by atoms with Gasteiger partial charge in [0, 0.05) is 23.2 Å². The highest BCUT2D eigenvalue weighted by Gasteiger charge is 2.36. The summed E-state index contributed by atoms with van der Waals surface area (Å²) in [5.74, 6) is 0. The van der Waals surface area contributed by atoms with E-state index in [0.717, 1.165) is 24.2 Å². The number of aliphatic hydroxyl groups is 1. The lowest BCUT2D eigenvalue weighted by molar-refractivity contribution is 0.134. The highest BCUT2D eigenvalue weighted by Crippen LogP contribution is 2.36. The van der Waals surface area contributed by atoms with Crippen molar-refractivity contribution >= 4 is 25.3 Å². The van der Waals surface area contributed by atoms with E-state index in [-0.39, 0.29) is 5.04 Å². The molecule has 2 N–H and O–H groups in total. The number of fused-ring (bicyclic) bond motifs is 1. The van der Waals surface area contributed by atoms with Crippen molar-refractivity contribution < 1.29 is 9.53 Å². The van der Waals surface area contributed by atoms with Gasteiger partial charge in [0.05, 0.1) is 5.60 Å². The zero-order valence-electron chi connectivity index (χ0n) is 16.7. The van der Waals surface area contributed by atoms with Gasteiger partial charge in [-0.3, -0.25) is 0 Å².